The van der Waals surface area contributed by atoms with E-state index >= 15 is 0 Å². The lowest BCUT2D eigenvalue weighted by atomic mass is 10.5. The number of primary amides is 1. The average molecular weight is 272 g/mol. The van der Waals surface area contributed by atoms with Crippen LogP contribution in [0.15, 0.2) is 18.6 Å². The molecule has 94 valence electrons. The Labute approximate surface area is 110 Å². The second-order valence-corrected chi connectivity index (χ2v) is 5.33. The third kappa shape index (κ3) is 5.78. The van der Waals surface area contributed by atoms with Crippen molar-refractivity contribution in [2.75, 3.05) is 18.1 Å². The molecular weight excluding hydrogens is 256 g/mol. The molecule has 0 aromatic carbocycles. The summed E-state index contributed by atoms with van der Waals surface area (Å²) in [5.41, 5.74) is 6.17. The first-order valence-electron chi connectivity index (χ1n) is 5.26. The third-order valence-electron chi connectivity index (χ3n) is 1.87. The minimum absolute atomic E-state index is 0.378. The molecule has 0 aliphatic heterocycles. The maximum Gasteiger partial charge on any atom is 0.324 e. The number of urea groups is 1. The lowest BCUT2D eigenvalue weighted by molar-refractivity contribution is 0.236. The highest BCUT2D eigenvalue weighted by atomic mass is 32.2. The number of aromatic nitrogens is 2. The normalized spacial score (nSPS) is 10.2. The van der Waals surface area contributed by atoms with E-state index in [1.165, 1.54) is 11.9 Å². The number of nitrogens with two attached hydrogens (primary N) is 1. The average Bonchev–Trinajstić information content (AvgIpc) is 2.34. The Morgan fingerprint density at radius 2 is 2.29 bits per heavy atom. The molecule has 0 saturated heterocycles. The van der Waals surface area contributed by atoms with Gasteiger partial charge < -0.3 is 5.73 Å². The predicted molar refractivity (Wildman–Crippen MR) is 72.6 cm³/mol. The molecule has 0 atom stereocenters. The summed E-state index contributed by atoms with van der Waals surface area (Å²) < 4.78 is 1.56. The van der Waals surface area contributed by atoms with Crippen molar-refractivity contribution >= 4 is 29.7 Å². The highest BCUT2D eigenvalue weighted by Crippen LogP contribution is 2.14. The molecule has 0 aliphatic carbocycles. The van der Waals surface area contributed by atoms with Crippen LogP contribution in [0.3, 0.4) is 0 Å². The molecule has 2 amide bonds. The number of rotatable bonds is 7. The summed E-state index contributed by atoms with van der Waals surface area (Å²) in [7, 11) is 0. The second kappa shape index (κ2) is 8.19. The summed E-state index contributed by atoms with van der Waals surface area (Å²) in [4.78, 5) is 19.1. The molecule has 0 fully saturated rings. The minimum atomic E-state index is -0.378. The standard InChI is InChI=1S/C10H16N4OS2/c1-2-14(10(11)15)17-6-5-16-8-9-7-12-3-4-13-9/h3-4,7H,2,5-6,8H2,1H3,(H2,11,15). The molecular formula is C10H16N4OS2. The Kier molecular flexibility index (Phi) is 6.80. The molecule has 0 spiro atoms. The van der Waals surface area contributed by atoms with Crippen LogP contribution in [0.4, 0.5) is 4.79 Å². The molecule has 0 unspecified atom stereocenters. The topological polar surface area (TPSA) is 72.1 Å². The van der Waals surface area contributed by atoms with E-state index in [1.807, 2.05) is 6.92 Å². The van der Waals surface area contributed by atoms with Crippen molar-refractivity contribution in [3.05, 3.63) is 24.3 Å². The van der Waals surface area contributed by atoms with Gasteiger partial charge in [0.1, 0.15) is 0 Å². The highest BCUT2D eigenvalue weighted by molar-refractivity contribution is 8.01. The fraction of sp³-hybridized carbons (Fsp3) is 0.500. The number of carbonyl (C=O) groups is 1. The molecule has 7 heteroatoms. The summed E-state index contributed by atoms with van der Waals surface area (Å²) in [5.74, 6) is 2.66. The van der Waals surface area contributed by atoms with E-state index in [0.29, 0.717) is 6.54 Å². The molecule has 17 heavy (non-hydrogen) atoms. The van der Waals surface area contributed by atoms with Crippen LogP contribution in [0.1, 0.15) is 12.6 Å². The second-order valence-electron chi connectivity index (χ2n) is 3.12. The fourth-order valence-electron chi connectivity index (χ4n) is 1.10. The van der Waals surface area contributed by atoms with E-state index < -0.39 is 0 Å². The SMILES string of the molecule is CCN(SCCSCc1cnccn1)C(N)=O. The summed E-state index contributed by atoms with van der Waals surface area (Å²) in [5, 5.41) is 0. The zero-order valence-corrected chi connectivity index (χ0v) is 11.3. The first-order chi connectivity index (χ1) is 8.24. The van der Waals surface area contributed by atoms with Crippen LogP contribution in [0.2, 0.25) is 0 Å². The van der Waals surface area contributed by atoms with E-state index in [-0.39, 0.29) is 6.03 Å². The Hall–Kier alpha value is -0.950. The summed E-state index contributed by atoms with van der Waals surface area (Å²) >= 11 is 3.24. The molecule has 0 saturated carbocycles. The van der Waals surface area contributed by atoms with Gasteiger partial charge in [-0.1, -0.05) is 0 Å². The zero-order chi connectivity index (χ0) is 12.5. The Morgan fingerprint density at radius 1 is 1.47 bits per heavy atom. The van der Waals surface area contributed by atoms with Gasteiger partial charge in [0.25, 0.3) is 0 Å². The summed E-state index contributed by atoms with van der Waals surface area (Å²) in [6.07, 6.45) is 5.12. The van der Waals surface area contributed by atoms with Gasteiger partial charge in [0.05, 0.1) is 5.69 Å². The fourth-order valence-corrected chi connectivity index (χ4v) is 2.90. The molecule has 1 aromatic rings. The molecule has 0 bridgehead atoms. The van der Waals surface area contributed by atoms with Crippen molar-refractivity contribution < 1.29 is 4.79 Å². The number of carbonyl (C=O) groups excluding carboxylic acids is 1. The van der Waals surface area contributed by atoms with Gasteiger partial charge in [0.15, 0.2) is 0 Å². The lowest BCUT2D eigenvalue weighted by Gasteiger charge is -2.15. The minimum Gasteiger partial charge on any atom is -0.351 e. The van der Waals surface area contributed by atoms with Gasteiger partial charge in [-0.2, -0.15) is 11.8 Å². The van der Waals surface area contributed by atoms with E-state index in [4.69, 9.17) is 5.73 Å². The maximum absolute atomic E-state index is 10.9. The predicted octanol–water partition coefficient (Wildman–Crippen LogP) is 1.76. The van der Waals surface area contributed by atoms with Gasteiger partial charge in [0.2, 0.25) is 0 Å². The molecule has 2 N–H and O–H groups in total. The Morgan fingerprint density at radius 3 is 2.88 bits per heavy atom. The number of amides is 2. The van der Waals surface area contributed by atoms with Crippen LogP contribution in [0.25, 0.3) is 0 Å². The van der Waals surface area contributed by atoms with Crippen LogP contribution >= 0.6 is 23.7 Å². The van der Waals surface area contributed by atoms with Crippen molar-refractivity contribution in [2.45, 2.75) is 12.7 Å². The van der Waals surface area contributed by atoms with E-state index in [9.17, 15) is 4.79 Å². The van der Waals surface area contributed by atoms with Gasteiger partial charge in [-0.05, 0) is 18.9 Å². The Bertz CT molecular complexity index is 336. The smallest absolute Gasteiger partial charge is 0.324 e. The van der Waals surface area contributed by atoms with Crippen molar-refractivity contribution in [1.29, 1.82) is 0 Å². The first kappa shape index (κ1) is 14.1. The molecule has 5 nitrogen and oxygen atoms in total. The van der Waals surface area contributed by atoms with Crippen LogP contribution in [-0.4, -0.2) is 38.4 Å². The Balaban J connectivity index is 2.10. The molecule has 0 aliphatic rings. The van der Waals surface area contributed by atoms with Crippen molar-refractivity contribution in [2.24, 2.45) is 5.73 Å². The monoisotopic (exact) mass is 272 g/mol. The highest BCUT2D eigenvalue weighted by Gasteiger charge is 2.06. The van der Waals surface area contributed by atoms with Gasteiger partial charge >= 0.3 is 6.03 Å². The van der Waals surface area contributed by atoms with Gasteiger partial charge in [-0.15, -0.1) is 0 Å². The first-order valence-corrected chi connectivity index (χ1v) is 7.36. The number of nitrogens with zero attached hydrogens (tertiary/aromatic N) is 3. The van der Waals surface area contributed by atoms with Crippen molar-refractivity contribution in [3.8, 4) is 0 Å². The molecule has 1 aromatic heterocycles. The van der Waals surface area contributed by atoms with Crippen LogP contribution in [0.5, 0.6) is 0 Å². The number of thioether (sulfide) groups is 1. The lowest BCUT2D eigenvalue weighted by Crippen LogP contribution is -2.30. The van der Waals surface area contributed by atoms with Gasteiger partial charge in [-0.25, -0.2) is 4.79 Å². The quantitative estimate of drug-likeness (QED) is 0.605. The van der Waals surface area contributed by atoms with Gasteiger partial charge in [-0.3, -0.25) is 14.3 Å². The van der Waals surface area contributed by atoms with E-state index in [2.05, 4.69) is 9.97 Å². The largest absolute Gasteiger partial charge is 0.351 e. The van der Waals surface area contributed by atoms with Crippen molar-refractivity contribution in [3.63, 3.8) is 0 Å². The van der Waals surface area contributed by atoms with Crippen molar-refractivity contribution in [1.82, 2.24) is 14.3 Å². The van der Waals surface area contributed by atoms with Gasteiger partial charge in [0, 0.05) is 42.4 Å². The number of hydrogen-bond acceptors (Lipinski definition) is 5. The molecule has 0 radical (unpaired) electrons. The number of hydrogen-bond donors (Lipinski definition) is 1. The maximum atomic E-state index is 10.9. The molecule has 1 heterocycles. The zero-order valence-electron chi connectivity index (χ0n) is 9.70. The van der Waals surface area contributed by atoms with E-state index in [1.54, 1.807) is 34.7 Å². The van der Waals surface area contributed by atoms with Crippen LogP contribution in [-0.2, 0) is 5.75 Å². The van der Waals surface area contributed by atoms with E-state index in [0.717, 1.165) is 23.0 Å². The third-order valence-corrected chi connectivity index (χ3v) is 4.26. The summed E-state index contributed by atoms with van der Waals surface area (Å²) in [6, 6.07) is -0.378. The molecule has 1 rings (SSSR count). The van der Waals surface area contributed by atoms with Crippen LogP contribution in [0, 0.1) is 0 Å². The van der Waals surface area contributed by atoms with Crippen LogP contribution < -0.4 is 5.73 Å². The summed E-state index contributed by atoms with van der Waals surface area (Å²) in [6.45, 7) is 2.54.